The van der Waals surface area contributed by atoms with Crippen LogP contribution in [0.5, 0.6) is 0 Å². The second-order valence-electron chi connectivity index (χ2n) is 4.94. The molecule has 0 unspecified atom stereocenters. The van der Waals surface area contributed by atoms with Crippen LogP contribution in [0.2, 0.25) is 0 Å². The first kappa shape index (κ1) is 20.7. The first-order chi connectivity index (χ1) is 8.24. The van der Waals surface area contributed by atoms with E-state index in [-0.39, 0.29) is 0 Å². The van der Waals surface area contributed by atoms with Crippen molar-refractivity contribution in [2.24, 2.45) is 0 Å². The number of rotatable bonds is 8. The molecule has 0 aromatic rings. The molecule has 0 rings (SSSR count). The Morgan fingerprint density at radius 1 is 0.778 bits per heavy atom. The fraction of sp³-hybridized carbons (Fsp3) is 1.00. The Balaban J connectivity index is 0. The van der Waals surface area contributed by atoms with Crippen LogP contribution >= 0.6 is 7.26 Å². The average molecular weight is 298 g/mol. The van der Waals surface area contributed by atoms with Crippen molar-refractivity contribution in [2.75, 3.05) is 30.9 Å². The third-order valence-corrected chi connectivity index (χ3v) is 8.38. The summed E-state index contributed by atoms with van der Waals surface area (Å²) in [5.74, 6) is 0. The highest BCUT2D eigenvalue weighted by molar-refractivity contribution is 7.84. The molecule has 0 spiro atoms. The second-order valence-corrected chi connectivity index (χ2v) is 10.8. The molecule has 0 radical (unpaired) electrons. The fourth-order valence-corrected chi connectivity index (χ4v) is 7.70. The van der Waals surface area contributed by atoms with E-state index in [9.17, 15) is 0 Å². The van der Waals surface area contributed by atoms with Gasteiger partial charge in [0.15, 0.2) is 0 Å². The van der Waals surface area contributed by atoms with Gasteiger partial charge in [-0.2, -0.15) is 0 Å². The highest BCUT2D eigenvalue weighted by Crippen LogP contribution is 2.60. The zero-order valence-electron chi connectivity index (χ0n) is 12.7. The number of hydrogen-bond acceptors (Lipinski definition) is 3. The summed E-state index contributed by atoms with van der Waals surface area (Å²) in [6.45, 7) is 9.43. The van der Waals surface area contributed by atoms with Gasteiger partial charge in [-0.3, -0.25) is 0 Å². The van der Waals surface area contributed by atoms with Crippen molar-refractivity contribution < 1.29 is 13.0 Å². The van der Waals surface area contributed by atoms with Gasteiger partial charge in [-0.05, 0) is 25.7 Å². The molecule has 0 saturated carbocycles. The molecule has 3 nitrogen and oxygen atoms in total. The van der Waals surface area contributed by atoms with E-state index in [0.29, 0.717) is 6.26 Å². The SMILES string of the molecule is CCC[P+](CCC)(CCC)CCC.CS(=O)(=O)[O-]. The maximum absolute atomic E-state index is 9.08. The zero-order valence-corrected chi connectivity index (χ0v) is 14.4. The smallest absolute Gasteiger partial charge is 0.0916 e. The Kier molecular flexibility index (Phi) is 12.8. The molecule has 5 heteroatoms. The van der Waals surface area contributed by atoms with Gasteiger partial charge in [0.2, 0.25) is 0 Å². The van der Waals surface area contributed by atoms with Crippen LogP contribution in [0.3, 0.4) is 0 Å². The lowest BCUT2D eigenvalue weighted by Gasteiger charge is -2.26. The van der Waals surface area contributed by atoms with Crippen LogP contribution in [0.4, 0.5) is 0 Å². The van der Waals surface area contributed by atoms with Crippen LogP contribution in [-0.2, 0) is 10.1 Å². The molecule has 18 heavy (non-hydrogen) atoms. The Morgan fingerprint density at radius 3 is 1.06 bits per heavy atom. The summed E-state index contributed by atoms with van der Waals surface area (Å²) in [6.07, 6.45) is 12.5. The molecule has 0 fully saturated rings. The van der Waals surface area contributed by atoms with E-state index in [2.05, 4.69) is 27.7 Å². The molecule has 0 aromatic carbocycles. The molecular weight excluding hydrogens is 267 g/mol. The number of hydrogen-bond donors (Lipinski definition) is 0. The summed E-state index contributed by atoms with van der Waals surface area (Å²) in [5, 5.41) is 0. The summed E-state index contributed by atoms with van der Waals surface area (Å²) in [4.78, 5) is 0. The Bertz CT molecular complexity index is 238. The lowest BCUT2D eigenvalue weighted by atomic mass is 10.5. The molecule has 0 heterocycles. The quantitative estimate of drug-likeness (QED) is 0.506. The third-order valence-electron chi connectivity index (χ3n) is 2.79. The van der Waals surface area contributed by atoms with Gasteiger partial charge in [0.05, 0.1) is 34.8 Å². The molecular formula is C13H31O3PS. The van der Waals surface area contributed by atoms with Crippen LogP contribution in [0.25, 0.3) is 0 Å². The topological polar surface area (TPSA) is 57.2 Å². The van der Waals surface area contributed by atoms with E-state index >= 15 is 0 Å². The van der Waals surface area contributed by atoms with E-state index in [4.69, 9.17) is 13.0 Å². The van der Waals surface area contributed by atoms with Crippen LogP contribution in [0.15, 0.2) is 0 Å². The minimum absolute atomic E-state index is 0.496. The Morgan fingerprint density at radius 2 is 0.944 bits per heavy atom. The highest BCUT2D eigenvalue weighted by atomic mass is 32.2. The van der Waals surface area contributed by atoms with Crippen LogP contribution in [0.1, 0.15) is 53.4 Å². The summed E-state index contributed by atoms with van der Waals surface area (Å²) in [6, 6.07) is 0. The molecule has 0 aliphatic rings. The van der Waals surface area contributed by atoms with E-state index in [0.717, 1.165) is 0 Å². The van der Waals surface area contributed by atoms with Gasteiger partial charge < -0.3 is 4.55 Å². The van der Waals surface area contributed by atoms with E-state index in [1.54, 1.807) is 24.6 Å². The molecule has 0 aliphatic carbocycles. The van der Waals surface area contributed by atoms with Gasteiger partial charge in [0.25, 0.3) is 0 Å². The normalized spacial score (nSPS) is 11.9. The molecule has 0 saturated heterocycles. The van der Waals surface area contributed by atoms with E-state index in [1.807, 2.05) is 0 Å². The van der Waals surface area contributed by atoms with Crippen LogP contribution in [0, 0.1) is 0 Å². The molecule has 0 aromatic heterocycles. The van der Waals surface area contributed by atoms with Crippen molar-refractivity contribution in [3.8, 4) is 0 Å². The van der Waals surface area contributed by atoms with E-state index in [1.165, 1.54) is 25.7 Å². The Labute approximate surface area is 115 Å². The lowest BCUT2D eigenvalue weighted by Crippen LogP contribution is -2.10. The second kappa shape index (κ2) is 11.2. The largest absolute Gasteiger partial charge is 0.748 e. The summed E-state index contributed by atoms with van der Waals surface area (Å²) in [5.41, 5.74) is 0. The maximum atomic E-state index is 9.08. The first-order valence-electron chi connectivity index (χ1n) is 7.00. The van der Waals surface area contributed by atoms with Crippen molar-refractivity contribution in [1.29, 1.82) is 0 Å². The lowest BCUT2D eigenvalue weighted by molar-refractivity contribution is 0.470. The van der Waals surface area contributed by atoms with Crippen LogP contribution in [-0.4, -0.2) is 43.9 Å². The third kappa shape index (κ3) is 14.4. The predicted octanol–water partition coefficient (Wildman–Crippen LogP) is 3.81. The minimum atomic E-state index is -3.92. The van der Waals surface area contributed by atoms with Gasteiger partial charge in [-0.1, -0.05) is 27.7 Å². The molecule has 0 N–H and O–H groups in total. The zero-order chi connectivity index (χ0) is 14.7. The monoisotopic (exact) mass is 298 g/mol. The standard InChI is InChI=1S/C12H28P.CH4O3S/c1-5-9-13(10-6-2,11-7-3)12-8-4;1-5(2,3)4/h5-12H2,1-4H3;1H3,(H,2,3,4)/q+1;/p-1. The fourth-order valence-electron chi connectivity index (χ4n) is 2.57. The van der Waals surface area contributed by atoms with Gasteiger partial charge in [0.1, 0.15) is 0 Å². The molecule has 0 atom stereocenters. The van der Waals surface area contributed by atoms with E-state index < -0.39 is 17.4 Å². The van der Waals surface area contributed by atoms with Crippen molar-refractivity contribution in [3.63, 3.8) is 0 Å². The predicted molar refractivity (Wildman–Crippen MR) is 83.2 cm³/mol. The summed E-state index contributed by atoms with van der Waals surface area (Å²) >= 11 is 0. The van der Waals surface area contributed by atoms with Gasteiger partial charge in [-0.25, -0.2) is 8.42 Å². The van der Waals surface area contributed by atoms with Gasteiger partial charge in [0, 0.05) is 13.5 Å². The van der Waals surface area contributed by atoms with Crippen molar-refractivity contribution in [2.45, 2.75) is 53.4 Å². The Hall–Kier alpha value is 0.340. The molecule has 112 valence electrons. The van der Waals surface area contributed by atoms with Gasteiger partial charge >= 0.3 is 0 Å². The minimum Gasteiger partial charge on any atom is -0.748 e. The summed E-state index contributed by atoms with van der Waals surface area (Å²) in [7, 11) is -4.41. The van der Waals surface area contributed by atoms with Crippen molar-refractivity contribution in [3.05, 3.63) is 0 Å². The average Bonchev–Trinajstić information content (AvgIpc) is 2.16. The maximum Gasteiger partial charge on any atom is 0.0916 e. The van der Waals surface area contributed by atoms with Gasteiger partial charge in [-0.15, -0.1) is 0 Å². The summed E-state index contributed by atoms with van der Waals surface area (Å²) < 4.78 is 27.2. The van der Waals surface area contributed by atoms with Crippen molar-refractivity contribution >= 4 is 17.4 Å². The molecule has 0 amide bonds. The molecule has 0 aliphatic heterocycles. The molecule has 0 bridgehead atoms. The van der Waals surface area contributed by atoms with Crippen LogP contribution < -0.4 is 0 Å². The highest BCUT2D eigenvalue weighted by Gasteiger charge is 2.32. The first-order valence-corrected chi connectivity index (χ1v) is 11.3. The van der Waals surface area contributed by atoms with Crippen molar-refractivity contribution in [1.82, 2.24) is 0 Å².